The predicted molar refractivity (Wildman–Crippen MR) is 92.8 cm³/mol. The van der Waals surface area contributed by atoms with Crippen LogP contribution in [0.15, 0.2) is 22.7 Å². The molecule has 9 heteroatoms. The minimum absolute atomic E-state index is 0. The molecular weight excluding hydrogens is 377 g/mol. The van der Waals surface area contributed by atoms with Gasteiger partial charge in [-0.3, -0.25) is 0 Å². The molecule has 0 spiro atoms. The minimum atomic E-state index is -0.278. The van der Waals surface area contributed by atoms with Crippen molar-refractivity contribution in [1.29, 1.82) is 0 Å². The molecule has 0 radical (unpaired) electrons. The minimum Gasteiger partial charge on any atom is -0.484 e. The second-order valence-corrected chi connectivity index (χ2v) is 6.23. The molecule has 1 fully saturated rings. The number of ether oxygens (including phenoxy) is 2. The number of halogens is 3. The fourth-order valence-electron chi connectivity index (χ4n) is 2.47. The lowest BCUT2D eigenvalue weighted by Crippen LogP contribution is -2.27. The van der Waals surface area contributed by atoms with Crippen molar-refractivity contribution in [2.45, 2.75) is 25.5 Å². The maximum absolute atomic E-state index is 6.20. The standard InChI is InChI=1S/C15H17Cl2N3O3.ClH/c16-10-1-2-12(11(17)7-10)22-8-13-19-15(23-20-13)14(18)9-3-5-21-6-4-9;/h1-2,7,9,14H,3-6,8,18H2;1H. The fraction of sp³-hybridized carbons (Fsp3) is 0.467. The molecule has 3 rings (SSSR count). The third kappa shape index (κ3) is 4.74. The van der Waals surface area contributed by atoms with E-state index < -0.39 is 0 Å². The van der Waals surface area contributed by atoms with Crippen LogP contribution in [-0.2, 0) is 11.3 Å². The SMILES string of the molecule is Cl.NC(c1nc(COc2ccc(Cl)cc2Cl)no1)C1CCOCC1. The first-order valence-corrected chi connectivity index (χ1v) is 8.12. The van der Waals surface area contributed by atoms with Crippen molar-refractivity contribution in [2.75, 3.05) is 13.2 Å². The normalized spacial score (nSPS) is 16.5. The zero-order chi connectivity index (χ0) is 16.2. The number of hydrogen-bond acceptors (Lipinski definition) is 6. The Kier molecular flexibility index (Phi) is 7.13. The van der Waals surface area contributed by atoms with Crippen LogP contribution in [0.2, 0.25) is 10.0 Å². The van der Waals surface area contributed by atoms with E-state index in [1.807, 2.05) is 0 Å². The van der Waals surface area contributed by atoms with Crippen molar-refractivity contribution in [3.63, 3.8) is 0 Å². The van der Waals surface area contributed by atoms with Crippen LogP contribution in [0.1, 0.15) is 30.6 Å². The molecule has 1 aromatic heterocycles. The highest BCUT2D eigenvalue weighted by Gasteiger charge is 2.26. The topological polar surface area (TPSA) is 83.4 Å². The molecule has 1 unspecified atom stereocenters. The first-order chi connectivity index (χ1) is 11.1. The Morgan fingerprint density at radius 2 is 2.04 bits per heavy atom. The van der Waals surface area contributed by atoms with Crippen molar-refractivity contribution in [1.82, 2.24) is 10.1 Å². The summed E-state index contributed by atoms with van der Waals surface area (Å²) in [6.07, 6.45) is 1.80. The molecule has 2 aromatic rings. The Morgan fingerprint density at radius 3 is 2.75 bits per heavy atom. The van der Waals surface area contributed by atoms with Gasteiger partial charge >= 0.3 is 0 Å². The van der Waals surface area contributed by atoms with E-state index in [1.165, 1.54) is 0 Å². The highest BCUT2D eigenvalue weighted by molar-refractivity contribution is 6.35. The Labute approximate surface area is 156 Å². The fourth-order valence-corrected chi connectivity index (χ4v) is 2.94. The smallest absolute Gasteiger partial charge is 0.243 e. The van der Waals surface area contributed by atoms with Gasteiger partial charge in [0.05, 0.1) is 11.1 Å². The highest BCUT2D eigenvalue weighted by atomic mass is 35.5. The zero-order valence-electron chi connectivity index (χ0n) is 12.8. The summed E-state index contributed by atoms with van der Waals surface area (Å²) >= 11 is 11.9. The number of benzene rings is 1. The van der Waals surface area contributed by atoms with Gasteiger partial charge in [-0.2, -0.15) is 4.98 Å². The number of aromatic nitrogens is 2. The average Bonchev–Trinajstić information content (AvgIpc) is 3.03. The van der Waals surface area contributed by atoms with E-state index in [2.05, 4.69) is 10.1 Å². The maximum atomic E-state index is 6.20. The third-order valence-electron chi connectivity index (χ3n) is 3.79. The van der Waals surface area contributed by atoms with Crippen LogP contribution in [0.4, 0.5) is 0 Å². The number of nitrogens with two attached hydrogens (primary N) is 1. The summed E-state index contributed by atoms with van der Waals surface area (Å²) in [4.78, 5) is 4.31. The molecular formula is C15H18Cl3N3O3. The molecule has 0 amide bonds. The Balaban J connectivity index is 0.00000208. The molecule has 0 saturated carbocycles. The molecule has 0 bridgehead atoms. The quantitative estimate of drug-likeness (QED) is 0.830. The summed E-state index contributed by atoms with van der Waals surface area (Å²) in [6.45, 7) is 1.58. The van der Waals surface area contributed by atoms with Gasteiger partial charge in [0.2, 0.25) is 11.7 Å². The van der Waals surface area contributed by atoms with Crippen molar-refractivity contribution in [3.05, 3.63) is 40.0 Å². The molecule has 1 aromatic carbocycles. The molecule has 0 aliphatic carbocycles. The largest absolute Gasteiger partial charge is 0.484 e. The summed E-state index contributed by atoms with van der Waals surface area (Å²) in [5.74, 6) is 1.66. The van der Waals surface area contributed by atoms with Gasteiger partial charge in [-0.05, 0) is 37.0 Å². The summed E-state index contributed by atoms with van der Waals surface area (Å²) in [5.41, 5.74) is 6.20. The summed E-state index contributed by atoms with van der Waals surface area (Å²) in [6, 6.07) is 4.73. The molecule has 24 heavy (non-hydrogen) atoms. The Morgan fingerprint density at radius 1 is 1.29 bits per heavy atom. The van der Waals surface area contributed by atoms with Gasteiger partial charge in [0.1, 0.15) is 5.75 Å². The number of hydrogen-bond donors (Lipinski definition) is 1. The second-order valence-electron chi connectivity index (χ2n) is 5.39. The van der Waals surface area contributed by atoms with Crippen molar-refractivity contribution in [2.24, 2.45) is 11.7 Å². The monoisotopic (exact) mass is 393 g/mol. The molecule has 1 aliphatic rings. The Bertz CT molecular complexity index is 662. The maximum Gasteiger partial charge on any atom is 0.243 e. The molecule has 2 heterocycles. The molecule has 1 aliphatic heterocycles. The van der Waals surface area contributed by atoms with Crippen molar-refractivity contribution >= 4 is 35.6 Å². The van der Waals surface area contributed by atoms with E-state index in [4.69, 9.17) is 42.9 Å². The van der Waals surface area contributed by atoms with E-state index in [-0.39, 0.29) is 25.1 Å². The molecule has 1 saturated heterocycles. The highest BCUT2D eigenvalue weighted by Crippen LogP contribution is 2.29. The first-order valence-electron chi connectivity index (χ1n) is 7.37. The average molecular weight is 395 g/mol. The van der Waals surface area contributed by atoms with E-state index in [9.17, 15) is 0 Å². The van der Waals surface area contributed by atoms with Gasteiger partial charge in [-0.15, -0.1) is 12.4 Å². The van der Waals surface area contributed by atoms with Gasteiger partial charge in [0, 0.05) is 18.2 Å². The molecule has 2 N–H and O–H groups in total. The Hall–Kier alpha value is -1.05. The molecule has 1 atom stereocenters. The summed E-state index contributed by atoms with van der Waals surface area (Å²) < 4.78 is 16.2. The lowest BCUT2D eigenvalue weighted by atomic mass is 9.92. The van der Waals surface area contributed by atoms with E-state index >= 15 is 0 Å². The van der Waals surface area contributed by atoms with E-state index in [1.54, 1.807) is 18.2 Å². The van der Waals surface area contributed by atoms with Gasteiger partial charge in [-0.1, -0.05) is 28.4 Å². The van der Waals surface area contributed by atoms with Gasteiger partial charge in [-0.25, -0.2) is 0 Å². The lowest BCUT2D eigenvalue weighted by Gasteiger charge is -2.25. The van der Waals surface area contributed by atoms with Crippen LogP contribution < -0.4 is 10.5 Å². The van der Waals surface area contributed by atoms with Crippen molar-refractivity contribution in [3.8, 4) is 5.75 Å². The second kappa shape index (κ2) is 8.87. The van der Waals surface area contributed by atoms with Crippen LogP contribution in [0, 0.1) is 5.92 Å². The molecule has 6 nitrogen and oxygen atoms in total. The van der Waals surface area contributed by atoms with Crippen LogP contribution in [0.5, 0.6) is 5.75 Å². The van der Waals surface area contributed by atoms with Gasteiger partial charge in [0.15, 0.2) is 6.61 Å². The van der Waals surface area contributed by atoms with E-state index in [0.29, 0.717) is 33.4 Å². The van der Waals surface area contributed by atoms with Gasteiger partial charge < -0.3 is 19.7 Å². The lowest BCUT2D eigenvalue weighted by molar-refractivity contribution is 0.0546. The van der Waals surface area contributed by atoms with E-state index in [0.717, 1.165) is 26.1 Å². The summed E-state index contributed by atoms with van der Waals surface area (Å²) in [5, 5.41) is 4.88. The van der Waals surface area contributed by atoms with Gasteiger partial charge in [0.25, 0.3) is 0 Å². The van der Waals surface area contributed by atoms with Crippen LogP contribution in [-0.4, -0.2) is 23.4 Å². The zero-order valence-corrected chi connectivity index (χ0v) is 15.1. The van der Waals surface area contributed by atoms with Crippen LogP contribution in [0.3, 0.4) is 0 Å². The number of nitrogens with zero attached hydrogens (tertiary/aromatic N) is 2. The first kappa shape index (κ1) is 19.3. The third-order valence-corrected chi connectivity index (χ3v) is 4.32. The molecule has 132 valence electrons. The van der Waals surface area contributed by atoms with Crippen LogP contribution >= 0.6 is 35.6 Å². The van der Waals surface area contributed by atoms with Crippen molar-refractivity contribution < 1.29 is 14.0 Å². The summed E-state index contributed by atoms with van der Waals surface area (Å²) in [7, 11) is 0. The predicted octanol–water partition coefficient (Wildman–Crippen LogP) is 3.80. The van der Waals surface area contributed by atoms with Crippen LogP contribution in [0.25, 0.3) is 0 Å². The number of rotatable bonds is 5.